The third kappa shape index (κ3) is 8.05. The average molecular weight is 575 g/mol. The fourth-order valence-corrected chi connectivity index (χ4v) is 5.26. The lowest BCUT2D eigenvalue weighted by molar-refractivity contribution is -0.123. The number of hydrazone groups is 1. The maximum atomic E-state index is 13.5. The van der Waals surface area contributed by atoms with Gasteiger partial charge in [-0.15, -0.1) is 0 Å². The predicted octanol–water partition coefficient (Wildman–Crippen LogP) is 3.94. The summed E-state index contributed by atoms with van der Waals surface area (Å²) in [6.45, 7) is 3.30. The van der Waals surface area contributed by atoms with Gasteiger partial charge in [0.05, 0.1) is 29.6 Å². The van der Waals surface area contributed by atoms with Crippen molar-refractivity contribution < 1.29 is 27.2 Å². The number of rotatable bonds is 12. The lowest BCUT2D eigenvalue weighted by Crippen LogP contribution is -2.40. The van der Waals surface area contributed by atoms with Gasteiger partial charge in [-0.25, -0.2) is 13.8 Å². The quantitative estimate of drug-likeness (QED) is 0.195. The predicted molar refractivity (Wildman–Crippen MR) is 155 cm³/mol. The number of nitrogens with one attached hydrogen (secondary N) is 2. The number of carbonyl (C=O) groups excluding carboxylic acids is 2. The van der Waals surface area contributed by atoms with Crippen molar-refractivity contribution >= 4 is 33.7 Å². The summed E-state index contributed by atoms with van der Waals surface area (Å²) in [6.07, 6.45) is 2.95. The highest BCUT2D eigenvalue weighted by Gasteiger charge is 2.28. The number of nitrogens with zero attached hydrogens (tertiary/aromatic N) is 2. The number of hydrogen-bond donors (Lipinski definition) is 2. The van der Waals surface area contributed by atoms with Crippen LogP contribution in [-0.2, 0) is 26.2 Å². The zero-order chi connectivity index (χ0) is 29.2. The second-order valence-electron chi connectivity index (χ2n) is 9.12. The van der Waals surface area contributed by atoms with Crippen molar-refractivity contribution in [1.82, 2.24) is 10.7 Å². The van der Waals surface area contributed by atoms with Crippen LogP contribution in [0.5, 0.6) is 5.75 Å². The molecule has 10 nitrogen and oxygen atoms in total. The molecule has 2 N–H and O–H groups in total. The molecule has 4 rings (SSSR count). The van der Waals surface area contributed by atoms with Crippen molar-refractivity contribution in [2.45, 2.75) is 25.3 Å². The van der Waals surface area contributed by atoms with Gasteiger partial charge in [0.1, 0.15) is 18.1 Å². The molecule has 1 heterocycles. The molecular weight excluding hydrogens is 544 g/mol. The van der Waals surface area contributed by atoms with Crippen molar-refractivity contribution in [3.63, 3.8) is 0 Å². The van der Waals surface area contributed by atoms with Crippen LogP contribution in [0.25, 0.3) is 0 Å². The Labute approximate surface area is 238 Å². The average Bonchev–Trinajstić information content (AvgIpc) is 3.49. The lowest BCUT2D eigenvalue weighted by atomic mass is 10.2. The standard InChI is InChI=1S/C30H30N4O6S/c1-22-9-15-27(16-10-22)41(37,38)34(28-8-4-3-6-23(28)2)20-29(35)33-32-18-24-11-13-25(14-12-24)40-21-30(36)31-19-26-7-5-17-39-26/h3-18H,19-21H2,1-2H3,(H,31,36)(H,33,35)/b32-18-. The van der Waals surface area contributed by atoms with Gasteiger partial charge in [0.2, 0.25) is 0 Å². The molecule has 41 heavy (non-hydrogen) atoms. The first kappa shape index (κ1) is 29.1. The van der Waals surface area contributed by atoms with E-state index in [4.69, 9.17) is 9.15 Å². The number of ether oxygens (including phenoxy) is 1. The van der Waals surface area contributed by atoms with E-state index >= 15 is 0 Å². The minimum absolute atomic E-state index is 0.0833. The van der Waals surface area contributed by atoms with Gasteiger partial charge in [0, 0.05) is 0 Å². The van der Waals surface area contributed by atoms with Crippen molar-refractivity contribution in [3.05, 3.63) is 114 Å². The zero-order valence-electron chi connectivity index (χ0n) is 22.6. The first-order chi connectivity index (χ1) is 19.7. The molecule has 0 radical (unpaired) electrons. The summed E-state index contributed by atoms with van der Waals surface area (Å²) in [5.74, 6) is 0.221. The van der Waals surface area contributed by atoms with E-state index in [1.807, 2.05) is 6.92 Å². The van der Waals surface area contributed by atoms with Crippen molar-refractivity contribution in [2.75, 3.05) is 17.5 Å². The summed E-state index contributed by atoms with van der Waals surface area (Å²) in [7, 11) is -4.02. The Bertz CT molecular complexity index is 1600. The SMILES string of the molecule is Cc1ccc(S(=O)(=O)N(CC(=O)N/N=C\c2ccc(OCC(=O)NCc3ccco3)cc2)c2ccccc2C)cc1. The molecular formula is C30H30N4O6S. The molecule has 212 valence electrons. The molecule has 2 amide bonds. The van der Waals surface area contributed by atoms with Crippen molar-refractivity contribution in [2.24, 2.45) is 5.10 Å². The van der Waals surface area contributed by atoms with E-state index in [2.05, 4.69) is 15.8 Å². The van der Waals surface area contributed by atoms with Crippen molar-refractivity contribution in [1.29, 1.82) is 0 Å². The Morgan fingerprint density at radius 2 is 1.66 bits per heavy atom. The summed E-state index contributed by atoms with van der Waals surface area (Å²) in [5.41, 5.74) is 5.08. The summed E-state index contributed by atoms with van der Waals surface area (Å²) < 4.78 is 38.8. The third-order valence-electron chi connectivity index (χ3n) is 5.97. The summed E-state index contributed by atoms with van der Waals surface area (Å²) in [4.78, 5) is 24.8. The van der Waals surface area contributed by atoms with Crippen LogP contribution in [0.15, 0.2) is 106 Å². The third-order valence-corrected chi connectivity index (χ3v) is 7.75. The van der Waals surface area contributed by atoms with Gasteiger partial charge in [0.15, 0.2) is 6.61 Å². The number of anilines is 1. The monoisotopic (exact) mass is 574 g/mol. The molecule has 4 aromatic rings. The van der Waals surface area contributed by atoms with E-state index in [9.17, 15) is 18.0 Å². The molecule has 0 aliphatic carbocycles. The lowest BCUT2D eigenvalue weighted by Gasteiger charge is -2.25. The van der Waals surface area contributed by atoms with Crippen molar-refractivity contribution in [3.8, 4) is 5.75 Å². The van der Waals surface area contributed by atoms with Crippen LogP contribution >= 0.6 is 0 Å². The number of hydrogen-bond acceptors (Lipinski definition) is 7. The molecule has 0 saturated heterocycles. The molecule has 0 unspecified atom stereocenters. The van der Waals surface area contributed by atoms with Crippen LogP contribution in [0.1, 0.15) is 22.5 Å². The fourth-order valence-electron chi connectivity index (χ4n) is 3.77. The minimum Gasteiger partial charge on any atom is -0.484 e. The molecule has 0 bridgehead atoms. The molecule has 0 saturated carbocycles. The fraction of sp³-hybridized carbons (Fsp3) is 0.167. The maximum absolute atomic E-state index is 13.5. The second kappa shape index (κ2) is 13.4. The van der Waals surface area contributed by atoms with Gasteiger partial charge < -0.3 is 14.5 Å². The Morgan fingerprint density at radius 3 is 2.34 bits per heavy atom. The second-order valence-corrected chi connectivity index (χ2v) is 11.0. The number of aryl methyl sites for hydroxylation is 2. The van der Waals surface area contributed by atoms with Gasteiger partial charge in [0.25, 0.3) is 21.8 Å². The smallest absolute Gasteiger partial charge is 0.264 e. The maximum Gasteiger partial charge on any atom is 0.264 e. The van der Waals surface area contributed by atoms with Gasteiger partial charge in [-0.1, -0.05) is 35.9 Å². The molecule has 0 fully saturated rings. The van der Waals surface area contributed by atoms with Crippen LogP contribution in [-0.4, -0.2) is 39.6 Å². The molecule has 0 atom stereocenters. The molecule has 11 heteroatoms. The zero-order valence-corrected chi connectivity index (χ0v) is 23.4. The summed E-state index contributed by atoms with van der Waals surface area (Å²) >= 11 is 0. The highest BCUT2D eigenvalue weighted by molar-refractivity contribution is 7.92. The number of carbonyl (C=O) groups is 2. The van der Waals surface area contributed by atoms with Gasteiger partial charge in [-0.2, -0.15) is 5.10 Å². The largest absolute Gasteiger partial charge is 0.484 e. The Morgan fingerprint density at radius 1 is 0.927 bits per heavy atom. The first-order valence-corrected chi connectivity index (χ1v) is 14.2. The van der Waals surface area contributed by atoms with E-state index in [0.29, 0.717) is 28.3 Å². The van der Waals surface area contributed by atoms with Gasteiger partial charge in [-0.3, -0.25) is 13.9 Å². The van der Waals surface area contributed by atoms with Gasteiger partial charge in [-0.05, 0) is 79.6 Å². The Kier molecular flexibility index (Phi) is 9.54. The molecule has 0 aliphatic heterocycles. The van der Waals surface area contributed by atoms with Crippen LogP contribution in [0, 0.1) is 13.8 Å². The highest BCUT2D eigenvalue weighted by atomic mass is 32.2. The van der Waals surface area contributed by atoms with Gasteiger partial charge >= 0.3 is 0 Å². The highest BCUT2D eigenvalue weighted by Crippen LogP contribution is 2.26. The summed E-state index contributed by atoms with van der Waals surface area (Å²) in [5, 5.41) is 6.66. The van der Waals surface area contributed by atoms with Crippen LogP contribution in [0.2, 0.25) is 0 Å². The topological polar surface area (TPSA) is 130 Å². The van der Waals surface area contributed by atoms with Crippen LogP contribution in [0.4, 0.5) is 5.69 Å². The van der Waals surface area contributed by atoms with E-state index in [0.717, 1.165) is 9.87 Å². The number of benzene rings is 3. The number of para-hydroxylation sites is 1. The van der Waals surface area contributed by atoms with Crippen LogP contribution in [0.3, 0.4) is 0 Å². The Hall–Kier alpha value is -4.90. The molecule has 1 aromatic heterocycles. The molecule has 3 aromatic carbocycles. The van der Waals surface area contributed by atoms with E-state index in [1.54, 1.807) is 79.7 Å². The van der Waals surface area contributed by atoms with E-state index in [-0.39, 0.29) is 24.0 Å². The molecule has 0 spiro atoms. The number of furan rings is 1. The number of sulfonamides is 1. The van der Waals surface area contributed by atoms with Crippen LogP contribution < -0.4 is 19.8 Å². The van der Waals surface area contributed by atoms with E-state index < -0.39 is 22.5 Å². The Balaban J connectivity index is 1.34. The normalized spacial score (nSPS) is 11.3. The first-order valence-electron chi connectivity index (χ1n) is 12.7. The minimum atomic E-state index is -4.02. The summed E-state index contributed by atoms with van der Waals surface area (Å²) in [6, 6.07) is 23.6. The number of amides is 2. The molecule has 0 aliphatic rings. The van der Waals surface area contributed by atoms with E-state index in [1.165, 1.54) is 24.6 Å².